The SMILES string of the molecule is CCn1c(COc2ccc(Cl)cc2Br)n[nH]c1=S. The van der Waals surface area contributed by atoms with Gasteiger partial charge in [0.1, 0.15) is 12.4 Å². The van der Waals surface area contributed by atoms with Crippen molar-refractivity contribution < 1.29 is 4.74 Å². The monoisotopic (exact) mass is 347 g/mol. The van der Waals surface area contributed by atoms with E-state index in [1.807, 2.05) is 17.6 Å². The summed E-state index contributed by atoms with van der Waals surface area (Å²) in [5, 5.41) is 7.54. The number of nitrogens with zero attached hydrogens (tertiary/aromatic N) is 2. The Morgan fingerprint density at radius 3 is 3.00 bits per heavy atom. The Bertz CT molecular complexity index is 611. The smallest absolute Gasteiger partial charge is 0.195 e. The fraction of sp³-hybridized carbons (Fsp3) is 0.273. The van der Waals surface area contributed by atoms with E-state index in [1.54, 1.807) is 12.1 Å². The van der Waals surface area contributed by atoms with Gasteiger partial charge in [0.05, 0.1) is 4.47 Å². The van der Waals surface area contributed by atoms with Crippen molar-refractivity contribution >= 4 is 39.7 Å². The molecule has 0 amide bonds. The van der Waals surface area contributed by atoms with Crippen molar-refractivity contribution in [3.63, 3.8) is 0 Å². The largest absolute Gasteiger partial charge is 0.484 e. The van der Waals surface area contributed by atoms with Crippen LogP contribution in [0.15, 0.2) is 22.7 Å². The van der Waals surface area contributed by atoms with Crippen molar-refractivity contribution in [3.8, 4) is 5.75 Å². The van der Waals surface area contributed by atoms with Gasteiger partial charge in [0, 0.05) is 11.6 Å². The van der Waals surface area contributed by atoms with E-state index in [2.05, 4.69) is 26.1 Å². The van der Waals surface area contributed by atoms with E-state index >= 15 is 0 Å². The van der Waals surface area contributed by atoms with Crippen LogP contribution in [0.1, 0.15) is 12.7 Å². The third-order valence-corrected chi connectivity index (χ3v) is 3.57. The summed E-state index contributed by atoms with van der Waals surface area (Å²) in [7, 11) is 0. The number of ether oxygens (including phenoxy) is 1. The Labute approximate surface area is 123 Å². The van der Waals surface area contributed by atoms with Crippen molar-refractivity contribution in [3.05, 3.63) is 38.3 Å². The van der Waals surface area contributed by atoms with Gasteiger partial charge in [0.2, 0.25) is 0 Å². The molecular weight excluding hydrogens is 338 g/mol. The molecule has 4 nitrogen and oxygen atoms in total. The summed E-state index contributed by atoms with van der Waals surface area (Å²) >= 11 is 14.4. The van der Waals surface area contributed by atoms with Gasteiger partial charge in [-0.1, -0.05) is 11.6 Å². The Morgan fingerprint density at radius 2 is 2.33 bits per heavy atom. The molecule has 18 heavy (non-hydrogen) atoms. The number of halogens is 2. The van der Waals surface area contributed by atoms with Crippen LogP contribution in [-0.4, -0.2) is 14.8 Å². The zero-order chi connectivity index (χ0) is 13.1. The number of H-pyrrole nitrogens is 1. The maximum absolute atomic E-state index is 5.86. The second-order valence-electron chi connectivity index (χ2n) is 3.55. The van der Waals surface area contributed by atoms with E-state index in [1.165, 1.54) is 0 Å². The molecule has 0 saturated carbocycles. The first-order valence-corrected chi connectivity index (χ1v) is 6.91. The standard InChI is InChI=1S/C11H11BrClN3OS/c1-2-16-10(14-15-11(16)18)6-17-9-4-3-7(13)5-8(9)12/h3-5H,2,6H2,1H3,(H,15,18). The molecule has 1 N–H and O–H groups in total. The summed E-state index contributed by atoms with van der Waals surface area (Å²) in [5.74, 6) is 1.49. The summed E-state index contributed by atoms with van der Waals surface area (Å²) in [6.45, 7) is 3.12. The van der Waals surface area contributed by atoms with Crippen molar-refractivity contribution in [2.45, 2.75) is 20.1 Å². The van der Waals surface area contributed by atoms with Crippen LogP contribution in [-0.2, 0) is 13.2 Å². The summed E-state index contributed by atoms with van der Waals surface area (Å²) < 4.78 is 8.98. The van der Waals surface area contributed by atoms with E-state index in [0.717, 1.165) is 22.6 Å². The number of aromatic amines is 1. The van der Waals surface area contributed by atoms with E-state index in [4.69, 9.17) is 28.6 Å². The van der Waals surface area contributed by atoms with E-state index < -0.39 is 0 Å². The molecule has 0 saturated heterocycles. The highest BCUT2D eigenvalue weighted by atomic mass is 79.9. The second kappa shape index (κ2) is 5.86. The minimum atomic E-state index is 0.348. The summed E-state index contributed by atoms with van der Waals surface area (Å²) in [5.41, 5.74) is 0. The lowest BCUT2D eigenvalue weighted by Crippen LogP contribution is -2.06. The Kier molecular flexibility index (Phi) is 4.42. The molecule has 0 radical (unpaired) electrons. The molecular formula is C11H11BrClN3OS. The fourth-order valence-electron chi connectivity index (χ4n) is 1.52. The predicted octanol–water partition coefficient (Wildman–Crippen LogP) is 3.96. The van der Waals surface area contributed by atoms with Gasteiger partial charge in [-0.2, -0.15) is 5.10 Å². The van der Waals surface area contributed by atoms with Gasteiger partial charge in [0.15, 0.2) is 10.6 Å². The van der Waals surface area contributed by atoms with E-state index in [0.29, 0.717) is 16.4 Å². The van der Waals surface area contributed by atoms with Crippen LogP contribution in [0, 0.1) is 4.77 Å². The van der Waals surface area contributed by atoms with Crippen LogP contribution < -0.4 is 4.74 Å². The van der Waals surface area contributed by atoms with Gasteiger partial charge in [-0.15, -0.1) is 0 Å². The van der Waals surface area contributed by atoms with Crippen molar-refractivity contribution in [2.24, 2.45) is 0 Å². The number of aromatic nitrogens is 3. The summed E-state index contributed by atoms with van der Waals surface area (Å²) in [4.78, 5) is 0. The van der Waals surface area contributed by atoms with Crippen molar-refractivity contribution in [2.75, 3.05) is 0 Å². The molecule has 0 atom stereocenters. The van der Waals surface area contributed by atoms with Gasteiger partial charge in [-0.3, -0.25) is 5.10 Å². The molecule has 0 bridgehead atoms. The molecule has 0 unspecified atom stereocenters. The van der Waals surface area contributed by atoms with Gasteiger partial charge >= 0.3 is 0 Å². The van der Waals surface area contributed by atoms with Gasteiger partial charge in [0.25, 0.3) is 0 Å². The first-order chi connectivity index (χ1) is 8.61. The summed E-state index contributed by atoms with van der Waals surface area (Å²) in [6, 6.07) is 5.37. The minimum Gasteiger partial charge on any atom is -0.484 e. The van der Waals surface area contributed by atoms with Crippen LogP contribution in [0.3, 0.4) is 0 Å². The van der Waals surface area contributed by atoms with Crippen LogP contribution in [0.25, 0.3) is 0 Å². The number of nitrogens with one attached hydrogen (secondary N) is 1. The van der Waals surface area contributed by atoms with Crippen molar-refractivity contribution in [1.82, 2.24) is 14.8 Å². The number of benzene rings is 1. The third-order valence-electron chi connectivity index (χ3n) is 2.40. The van der Waals surface area contributed by atoms with Gasteiger partial charge < -0.3 is 9.30 Å². The average molecular weight is 349 g/mol. The Balaban J connectivity index is 2.14. The van der Waals surface area contributed by atoms with E-state index in [-0.39, 0.29) is 0 Å². The number of hydrogen-bond donors (Lipinski definition) is 1. The average Bonchev–Trinajstić information content (AvgIpc) is 2.69. The lowest BCUT2D eigenvalue weighted by Gasteiger charge is -2.08. The normalized spacial score (nSPS) is 10.6. The fourth-order valence-corrected chi connectivity index (χ4v) is 2.60. The first kappa shape index (κ1) is 13.6. The Morgan fingerprint density at radius 1 is 1.56 bits per heavy atom. The highest BCUT2D eigenvalue weighted by Crippen LogP contribution is 2.28. The molecule has 0 aliphatic rings. The topological polar surface area (TPSA) is 42.8 Å². The Hall–Kier alpha value is -0.850. The molecule has 1 aromatic carbocycles. The minimum absolute atomic E-state index is 0.348. The molecule has 96 valence electrons. The lowest BCUT2D eigenvalue weighted by atomic mass is 10.3. The van der Waals surface area contributed by atoms with Gasteiger partial charge in [-0.25, -0.2) is 0 Å². The third kappa shape index (κ3) is 2.93. The first-order valence-electron chi connectivity index (χ1n) is 5.33. The molecule has 0 spiro atoms. The highest BCUT2D eigenvalue weighted by Gasteiger charge is 2.07. The molecule has 2 aromatic rings. The van der Waals surface area contributed by atoms with Crippen LogP contribution >= 0.6 is 39.7 Å². The number of hydrogen-bond acceptors (Lipinski definition) is 3. The molecule has 1 heterocycles. The lowest BCUT2D eigenvalue weighted by molar-refractivity contribution is 0.287. The quantitative estimate of drug-likeness (QED) is 0.851. The zero-order valence-electron chi connectivity index (χ0n) is 9.61. The number of rotatable bonds is 4. The van der Waals surface area contributed by atoms with E-state index in [9.17, 15) is 0 Å². The van der Waals surface area contributed by atoms with Crippen LogP contribution in [0.4, 0.5) is 0 Å². The maximum Gasteiger partial charge on any atom is 0.195 e. The molecule has 0 aliphatic heterocycles. The van der Waals surface area contributed by atoms with Crippen LogP contribution in [0.2, 0.25) is 5.02 Å². The second-order valence-corrected chi connectivity index (χ2v) is 5.23. The molecule has 0 fully saturated rings. The zero-order valence-corrected chi connectivity index (χ0v) is 12.8. The van der Waals surface area contributed by atoms with Gasteiger partial charge in [-0.05, 0) is 53.3 Å². The summed E-state index contributed by atoms with van der Waals surface area (Å²) in [6.07, 6.45) is 0. The molecule has 1 aromatic heterocycles. The molecule has 2 rings (SSSR count). The van der Waals surface area contributed by atoms with Crippen LogP contribution in [0.5, 0.6) is 5.75 Å². The predicted molar refractivity (Wildman–Crippen MR) is 76.6 cm³/mol. The van der Waals surface area contributed by atoms with Crippen molar-refractivity contribution in [1.29, 1.82) is 0 Å². The molecule has 0 aliphatic carbocycles. The maximum atomic E-state index is 5.86. The molecule has 7 heteroatoms. The highest BCUT2D eigenvalue weighted by molar-refractivity contribution is 9.10.